The second kappa shape index (κ2) is 9.90. The van der Waals surface area contributed by atoms with E-state index in [0.29, 0.717) is 11.3 Å². The van der Waals surface area contributed by atoms with Crippen LogP contribution in [0.15, 0.2) is 106 Å². The standard InChI is InChI=1S/C26H21N3O2S2/c1-2-32-23-15-13-20(14-16-23)26-21(19-29(28-26)22-9-5-3-6-10-22)17-25(18-27)33(30,31)24-11-7-4-8-12-24/h3-17,19H,2H2,1H3/b25-17+. The number of nitrogens with zero attached hydrogens (tertiary/aromatic N) is 3. The molecule has 0 aliphatic heterocycles. The molecule has 3 aromatic carbocycles. The number of thioether (sulfide) groups is 1. The van der Waals surface area contributed by atoms with Crippen LogP contribution in [0, 0.1) is 11.3 Å². The first-order valence-electron chi connectivity index (χ1n) is 10.3. The third kappa shape index (κ3) is 4.92. The van der Waals surface area contributed by atoms with Gasteiger partial charge in [-0.25, -0.2) is 13.1 Å². The van der Waals surface area contributed by atoms with Gasteiger partial charge < -0.3 is 0 Å². The van der Waals surface area contributed by atoms with Crippen LogP contribution in [-0.2, 0) is 9.84 Å². The van der Waals surface area contributed by atoms with Crippen LogP contribution >= 0.6 is 11.8 Å². The van der Waals surface area contributed by atoms with E-state index in [1.807, 2.05) is 60.7 Å². The summed E-state index contributed by atoms with van der Waals surface area (Å²) in [7, 11) is -3.96. The Balaban J connectivity index is 1.85. The first-order chi connectivity index (χ1) is 16.0. The van der Waals surface area contributed by atoms with Crippen molar-refractivity contribution in [2.24, 2.45) is 0 Å². The fraction of sp³-hybridized carbons (Fsp3) is 0.0769. The number of aromatic nitrogens is 2. The zero-order valence-corrected chi connectivity index (χ0v) is 19.6. The Labute approximate surface area is 197 Å². The Morgan fingerprint density at radius 3 is 2.24 bits per heavy atom. The molecule has 0 bridgehead atoms. The molecule has 4 rings (SSSR count). The van der Waals surface area contributed by atoms with E-state index in [0.717, 1.165) is 21.9 Å². The molecule has 1 aromatic heterocycles. The molecule has 7 heteroatoms. The molecule has 0 aliphatic carbocycles. The number of hydrogen-bond donors (Lipinski definition) is 0. The zero-order chi connectivity index (χ0) is 23.3. The average Bonchev–Trinajstić information content (AvgIpc) is 3.28. The van der Waals surface area contributed by atoms with E-state index in [4.69, 9.17) is 5.10 Å². The normalized spacial score (nSPS) is 11.8. The van der Waals surface area contributed by atoms with Crippen molar-refractivity contribution in [3.05, 3.63) is 102 Å². The first kappa shape index (κ1) is 22.6. The summed E-state index contributed by atoms with van der Waals surface area (Å²) in [4.78, 5) is 0.890. The number of para-hydroxylation sites is 1. The maximum Gasteiger partial charge on any atom is 0.216 e. The minimum absolute atomic E-state index is 0.0794. The van der Waals surface area contributed by atoms with E-state index in [2.05, 4.69) is 6.92 Å². The molecule has 1 heterocycles. The van der Waals surface area contributed by atoms with Gasteiger partial charge in [-0.3, -0.25) is 0 Å². The Bertz CT molecular complexity index is 1420. The van der Waals surface area contributed by atoms with Gasteiger partial charge in [-0.1, -0.05) is 55.5 Å². The minimum Gasteiger partial charge on any atom is -0.240 e. The lowest BCUT2D eigenvalue weighted by Crippen LogP contribution is -2.03. The molecule has 0 spiro atoms. The molecule has 0 radical (unpaired) electrons. The molecular weight excluding hydrogens is 450 g/mol. The van der Waals surface area contributed by atoms with Gasteiger partial charge in [-0.05, 0) is 48.2 Å². The Morgan fingerprint density at radius 1 is 1.00 bits per heavy atom. The van der Waals surface area contributed by atoms with E-state index < -0.39 is 9.84 Å². The maximum absolute atomic E-state index is 13.1. The monoisotopic (exact) mass is 471 g/mol. The van der Waals surface area contributed by atoms with Crippen LogP contribution in [0.5, 0.6) is 0 Å². The second-order valence-electron chi connectivity index (χ2n) is 7.11. The molecule has 5 nitrogen and oxygen atoms in total. The van der Waals surface area contributed by atoms with Gasteiger partial charge in [0, 0.05) is 22.2 Å². The van der Waals surface area contributed by atoms with Crippen molar-refractivity contribution in [3.8, 4) is 23.0 Å². The highest BCUT2D eigenvalue weighted by Crippen LogP contribution is 2.30. The number of allylic oxidation sites excluding steroid dienone is 1. The summed E-state index contributed by atoms with van der Waals surface area (Å²) in [5.74, 6) is 0.971. The van der Waals surface area contributed by atoms with Crippen LogP contribution in [0.3, 0.4) is 0 Å². The first-order valence-corrected chi connectivity index (χ1v) is 12.8. The largest absolute Gasteiger partial charge is 0.240 e. The second-order valence-corrected chi connectivity index (χ2v) is 10.4. The Morgan fingerprint density at radius 2 is 1.64 bits per heavy atom. The Hall–Kier alpha value is -3.60. The zero-order valence-electron chi connectivity index (χ0n) is 17.9. The molecule has 33 heavy (non-hydrogen) atoms. The van der Waals surface area contributed by atoms with E-state index in [1.165, 1.54) is 18.2 Å². The van der Waals surface area contributed by atoms with Gasteiger partial charge in [0.05, 0.1) is 10.6 Å². The summed E-state index contributed by atoms with van der Waals surface area (Å²) in [6.45, 7) is 2.10. The lowest BCUT2D eigenvalue weighted by Gasteiger charge is -2.04. The van der Waals surface area contributed by atoms with E-state index >= 15 is 0 Å². The van der Waals surface area contributed by atoms with Gasteiger partial charge in [0.25, 0.3) is 0 Å². The summed E-state index contributed by atoms with van der Waals surface area (Å²) >= 11 is 1.74. The summed E-state index contributed by atoms with van der Waals surface area (Å²) in [5.41, 5.74) is 2.82. The topological polar surface area (TPSA) is 75.8 Å². The van der Waals surface area contributed by atoms with Gasteiger partial charge >= 0.3 is 0 Å². The van der Waals surface area contributed by atoms with E-state index in [1.54, 1.807) is 40.8 Å². The van der Waals surface area contributed by atoms with Crippen LogP contribution in [0.4, 0.5) is 0 Å². The van der Waals surface area contributed by atoms with Crippen LogP contribution < -0.4 is 0 Å². The van der Waals surface area contributed by atoms with Gasteiger partial charge in [0.15, 0.2) is 0 Å². The number of sulfone groups is 1. The van der Waals surface area contributed by atoms with E-state index in [9.17, 15) is 13.7 Å². The molecule has 0 N–H and O–H groups in total. The SMILES string of the molecule is CCSc1ccc(-c2nn(-c3ccccc3)cc2/C=C(\C#N)S(=O)(=O)c2ccccc2)cc1. The fourth-order valence-electron chi connectivity index (χ4n) is 3.34. The summed E-state index contributed by atoms with van der Waals surface area (Å²) in [6, 6.07) is 27.4. The maximum atomic E-state index is 13.1. The molecule has 0 atom stereocenters. The van der Waals surface area contributed by atoms with Crippen molar-refractivity contribution in [1.82, 2.24) is 9.78 Å². The smallest absolute Gasteiger partial charge is 0.216 e. The van der Waals surface area contributed by atoms with Crippen molar-refractivity contribution < 1.29 is 8.42 Å². The molecular formula is C26H21N3O2S2. The van der Waals surface area contributed by atoms with Crippen LogP contribution in [0.25, 0.3) is 23.0 Å². The number of nitriles is 1. The third-order valence-corrected chi connectivity index (χ3v) is 7.52. The van der Waals surface area contributed by atoms with Crippen molar-refractivity contribution >= 4 is 27.7 Å². The molecule has 0 saturated heterocycles. The molecule has 0 fully saturated rings. The average molecular weight is 472 g/mol. The lowest BCUT2D eigenvalue weighted by atomic mass is 10.1. The van der Waals surface area contributed by atoms with Gasteiger partial charge in [-0.2, -0.15) is 10.4 Å². The predicted octanol–water partition coefficient (Wildman–Crippen LogP) is 5.99. The number of benzene rings is 3. The van der Waals surface area contributed by atoms with Gasteiger partial charge in [0.2, 0.25) is 9.84 Å². The predicted molar refractivity (Wildman–Crippen MR) is 133 cm³/mol. The molecule has 0 aliphatic rings. The number of rotatable bonds is 7. The minimum atomic E-state index is -3.96. The highest BCUT2D eigenvalue weighted by Gasteiger charge is 2.22. The molecule has 164 valence electrons. The molecule has 0 saturated carbocycles. The highest BCUT2D eigenvalue weighted by atomic mass is 32.2. The lowest BCUT2D eigenvalue weighted by molar-refractivity contribution is 0.603. The fourth-order valence-corrected chi connectivity index (χ4v) is 5.18. The molecule has 4 aromatic rings. The van der Waals surface area contributed by atoms with Crippen molar-refractivity contribution in [2.75, 3.05) is 5.75 Å². The highest BCUT2D eigenvalue weighted by molar-refractivity contribution is 7.99. The summed E-state index contributed by atoms with van der Waals surface area (Å²) in [5, 5.41) is 14.5. The third-order valence-electron chi connectivity index (χ3n) is 4.94. The Kier molecular flexibility index (Phi) is 6.78. The summed E-state index contributed by atoms with van der Waals surface area (Å²) in [6.07, 6.45) is 3.15. The summed E-state index contributed by atoms with van der Waals surface area (Å²) < 4.78 is 27.9. The van der Waals surface area contributed by atoms with E-state index in [-0.39, 0.29) is 9.80 Å². The quantitative estimate of drug-likeness (QED) is 0.244. The van der Waals surface area contributed by atoms with Gasteiger partial charge in [-0.15, -0.1) is 11.8 Å². The van der Waals surface area contributed by atoms with Crippen molar-refractivity contribution in [1.29, 1.82) is 5.26 Å². The van der Waals surface area contributed by atoms with Crippen molar-refractivity contribution in [3.63, 3.8) is 0 Å². The molecule has 0 amide bonds. The van der Waals surface area contributed by atoms with Crippen LogP contribution in [0.2, 0.25) is 0 Å². The van der Waals surface area contributed by atoms with Gasteiger partial charge in [0.1, 0.15) is 16.7 Å². The van der Waals surface area contributed by atoms with Crippen LogP contribution in [-0.4, -0.2) is 24.0 Å². The number of hydrogen-bond acceptors (Lipinski definition) is 5. The van der Waals surface area contributed by atoms with Crippen molar-refractivity contribution in [2.45, 2.75) is 16.7 Å². The van der Waals surface area contributed by atoms with Crippen LogP contribution in [0.1, 0.15) is 12.5 Å². The molecule has 0 unspecified atom stereocenters.